The number of para-hydroxylation sites is 1. The number of sulfonamides is 1. The number of aromatic nitrogens is 1. The summed E-state index contributed by atoms with van der Waals surface area (Å²) in [5.74, 6) is 0.843. The molecule has 0 bridgehead atoms. The molecule has 0 fully saturated rings. The molecule has 0 aliphatic heterocycles. The van der Waals surface area contributed by atoms with Crippen molar-refractivity contribution in [2.24, 2.45) is 0 Å². The van der Waals surface area contributed by atoms with Crippen LogP contribution < -0.4 is 9.04 Å². The minimum atomic E-state index is -3.47. The first kappa shape index (κ1) is 20.5. The van der Waals surface area contributed by atoms with Gasteiger partial charge in [-0.3, -0.25) is 9.29 Å². The number of hydrogen-bond acceptors (Lipinski definition) is 4. The lowest BCUT2D eigenvalue weighted by Crippen LogP contribution is -2.31. The molecule has 0 aliphatic carbocycles. The monoisotopic (exact) mass is 436 g/mol. The third kappa shape index (κ3) is 4.76. The van der Waals surface area contributed by atoms with Crippen LogP contribution in [0.2, 0.25) is 10.0 Å². The van der Waals surface area contributed by atoms with Crippen LogP contribution in [0.1, 0.15) is 12.5 Å². The van der Waals surface area contributed by atoms with E-state index in [-0.39, 0.29) is 12.3 Å². The van der Waals surface area contributed by atoms with Gasteiger partial charge in [-0.05, 0) is 61.0 Å². The molecule has 0 spiro atoms. The smallest absolute Gasteiger partial charge is 0.235 e. The molecule has 28 heavy (non-hydrogen) atoms. The van der Waals surface area contributed by atoms with Gasteiger partial charge in [0.25, 0.3) is 0 Å². The van der Waals surface area contributed by atoms with Crippen molar-refractivity contribution in [3.05, 3.63) is 82.6 Å². The molecule has 0 saturated carbocycles. The van der Waals surface area contributed by atoms with E-state index in [9.17, 15) is 8.42 Å². The first-order valence-corrected chi connectivity index (χ1v) is 10.9. The Morgan fingerprint density at radius 1 is 0.964 bits per heavy atom. The third-order valence-corrected chi connectivity index (χ3v) is 6.38. The molecule has 5 nitrogen and oxygen atoms in total. The summed E-state index contributed by atoms with van der Waals surface area (Å²) in [5, 5.41) is 0.786. The van der Waals surface area contributed by atoms with Crippen molar-refractivity contribution in [2.75, 3.05) is 10.1 Å². The summed E-state index contributed by atoms with van der Waals surface area (Å²) < 4.78 is 32.4. The number of rotatable bonds is 7. The fraction of sp³-hybridized carbons (Fsp3) is 0.150. The molecule has 0 unspecified atom stereocenters. The largest absolute Gasteiger partial charge is 0.454 e. The maximum absolute atomic E-state index is 12.6. The molecule has 0 aliphatic rings. The number of halogens is 2. The second kappa shape index (κ2) is 8.82. The molecule has 3 rings (SSSR count). The van der Waals surface area contributed by atoms with Gasteiger partial charge >= 0.3 is 0 Å². The van der Waals surface area contributed by atoms with Crippen LogP contribution in [0.5, 0.6) is 11.5 Å². The van der Waals surface area contributed by atoms with Gasteiger partial charge in [0, 0.05) is 12.4 Å². The standard InChI is InChI=1S/C20H18Cl2N2O3S/c1-2-28(25,26)24(14-15-10-12-23-13-11-15)16-6-8-17(9-7-16)27-20-18(21)4-3-5-19(20)22/h3-13H,2,14H2,1H3. The molecular weight excluding hydrogens is 419 g/mol. The van der Waals surface area contributed by atoms with Gasteiger partial charge in [0.15, 0.2) is 5.75 Å². The van der Waals surface area contributed by atoms with Crippen LogP contribution >= 0.6 is 23.2 Å². The number of ether oxygens (including phenoxy) is 1. The van der Waals surface area contributed by atoms with E-state index in [2.05, 4.69) is 4.98 Å². The normalized spacial score (nSPS) is 11.2. The van der Waals surface area contributed by atoms with E-state index in [1.165, 1.54) is 4.31 Å². The van der Waals surface area contributed by atoms with Gasteiger partial charge in [-0.2, -0.15) is 0 Å². The van der Waals surface area contributed by atoms with Crippen molar-refractivity contribution in [1.29, 1.82) is 0 Å². The van der Waals surface area contributed by atoms with Crippen LogP contribution in [0.25, 0.3) is 0 Å². The average molecular weight is 437 g/mol. The Hall–Kier alpha value is -2.28. The first-order valence-electron chi connectivity index (χ1n) is 8.52. The van der Waals surface area contributed by atoms with Crippen molar-refractivity contribution in [3.8, 4) is 11.5 Å². The molecule has 0 N–H and O–H groups in total. The number of nitrogens with zero attached hydrogens (tertiary/aromatic N) is 2. The minimum absolute atomic E-state index is 0.00837. The van der Waals surface area contributed by atoms with Crippen LogP contribution in [0.15, 0.2) is 67.0 Å². The summed E-state index contributed by atoms with van der Waals surface area (Å²) in [7, 11) is -3.47. The van der Waals surface area contributed by atoms with Crippen molar-refractivity contribution in [2.45, 2.75) is 13.5 Å². The number of pyridine rings is 1. The Balaban J connectivity index is 1.88. The van der Waals surface area contributed by atoms with Gasteiger partial charge in [-0.1, -0.05) is 29.3 Å². The van der Waals surface area contributed by atoms with Crippen molar-refractivity contribution >= 4 is 38.9 Å². The predicted octanol–water partition coefficient (Wildman–Crippen LogP) is 5.54. The fourth-order valence-electron chi connectivity index (χ4n) is 2.54. The average Bonchev–Trinajstić information content (AvgIpc) is 2.70. The second-order valence-corrected chi connectivity index (χ2v) is 8.91. The SMILES string of the molecule is CCS(=O)(=O)N(Cc1ccncc1)c1ccc(Oc2c(Cl)cccc2Cl)cc1. The molecule has 0 radical (unpaired) electrons. The van der Waals surface area contributed by atoms with E-state index in [4.69, 9.17) is 27.9 Å². The molecule has 2 aromatic carbocycles. The Morgan fingerprint density at radius 3 is 2.14 bits per heavy atom. The van der Waals surface area contributed by atoms with Gasteiger partial charge in [0.05, 0.1) is 28.0 Å². The number of hydrogen-bond donors (Lipinski definition) is 0. The minimum Gasteiger partial charge on any atom is -0.454 e. The zero-order chi connectivity index (χ0) is 20.1. The lowest BCUT2D eigenvalue weighted by molar-refractivity contribution is 0.483. The van der Waals surface area contributed by atoms with E-state index in [1.54, 1.807) is 73.9 Å². The molecule has 0 atom stereocenters. The molecule has 0 saturated heterocycles. The summed E-state index contributed by atoms with van der Waals surface area (Å²) in [6, 6.07) is 15.4. The summed E-state index contributed by atoms with van der Waals surface area (Å²) in [6.07, 6.45) is 3.27. The zero-order valence-corrected chi connectivity index (χ0v) is 17.4. The second-order valence-electron chi connectivity index (χ2n) is 5.91. The van der Waals surface area contributed by atoms with Gasteiger partial charge < -0.3 is 4.74 Å². The van der Waals surface area contributed by atoms with Crippen molar-refractivity contribution in [3.63, 3.8) is 0 Å². The highest BCUT2D eigenvalue weighted by Crippen LogP contribution is 2.36. The predicted molar refractivity (Wildman–Crippen MR) is 113 cm³/mol. The van der Waals surface area contributed by atoms with E-state index in [1.807, 2.05) is 0 Å². The summed E-state index contributed by atoms with van der Waals surface area (Å²) in [4.78, 5) is 3.97. The highest BCUT2D eigenvalue weighted by Gasteiger charge is 2.21. The lowest BCUT2D eigenvalue weighted by Gasteiger charge is -2.24. The highest BCUT2D eigenvalue weighted by molar-refractivity contribution is 7.92. The molecular formula is C20H18Cl2N2O3S. The maximum atomic E-state index is 12.6. The topological polar surface area (TPSA) is 59.5 Å². The molecule has 0 amide bonds. The zero-order valence-electron chi connectivity index (χ0n) is 15.0. The van der Waals surface area contributed by atoms with E-state index >= 15 is 0 Å². The molecule has 1 aromatic heterocycles. The number of benzene rings is 2. The fourth-order valence-corrected chi connectivity index (χ4v) is 4.11. The lowest BCUT2D eigenvalue weighted by atomic mass is 10.2. The molecule has 3 aromatic rings. The van der Waals surface area contributed by atoms with Crippen LogP contribution in [-0.2, 0) is 16.6 Å². The van der Waals surface area contributed by atoms with Crippen LogP contribution in [-0.4, -0.2) is 19.2 Å². The Morgan fingerprint density at radius 2 is 1.57 bits per heavy atom. The maximum Gasteiger partial charge on any atom is 0.235 e. The van der Waals surface area contributed by atoms with Crippen LogP contribution in [0.3, 0.4) is 0 Å². The van der Waals surface area contributed by atoms with Crippen molar-refractivity contribution in [1.82, 2.24) is 4.98 Å². The first-order chi connectivity index (χ1) is 13.4. The quantitative estimate of drug-likeness (QED) is 0.487. The third-order valence-electron chi connectivity index (χ3n) is 4.04. The van der Waals surface area contributed by atoms with E-state index < -0.39 is 10.0 Å². The van der Waals surface area contributed by atoms with E-state index in [0.29, 0.717) is 27.2 Å². The van der Waals surface area contributed by atoms with Gasteiger partial charge in [-0.25, -0.2) is 8.42 Å². The Bertz CT molecular complexity index is 1020. The van der Waals surface area contributed by atoms with Gasteiger partial charge in [0.1, 0.15) is 5.75 Å². The summed E-state index contributed by atoms with van der Waals surface area (Å²) in [6.45, 7) is 1.83. The Labute approximate surface area is 174 Å². The van der Waals surface area contributed by atoms with Gasteiger partial charge in [-0.15, -0.1) is 0 Å². The van der Waals surface area contributed by atoms with Crippen molar-refractivity contribution < 1.29 is 13.2 Å². The molecule has 8 heteroatoms. The highest BCUT2D eigenvalue weighted by atomic mass is 35.5. The van der Waals surface area contributed by atoms with Crippen LogP contribution in [0.4, 0.5) is 5.69 Å². The summed E-state index contributed by atoms with van der Waals surface area (Å²) >= 11 is 12.3. The number of anilines is 1. The van der Waals surface area contributed by atoms with E-state index in [0.717, 1.165) is 5.56 Å². The summed E-state index contributed by atoms with van der Waals surface area (Å²) in [5.41, 5.74) is 1.38. The van der Waals surface area contributed by atoms with Gasteiger partial charge in [0.2, 0.25) is 10.0 Å². The molecule has 1 heterocycles. The molecule has 146 valence electrons. The Kier molecular flexibility index (Phi) is 6.44. The van der Waals surface area contributed by atoms with Crippen LogP contribution in [0, 0.1) is 0 Å².